The molecular weight excluding hydrogens is 1010 g/mol. The molecule has 9 nitrogen and oxygen atoms in total. The molecule has 6 aromatic carbocycles. The normalized spacial score (nSPS) is 16.1. The number of rotatable bonds is 2. The molecule has 6 aromatic rings. The summed E-state index contributed by atoms with van der Waals surface area (Å²) in [6.07, 6.45) is 3.32. The Labute approximate surface area is 474 Å². The van der Waals surface area contributed by atoms with Crippen molar-refractivity contribution in [3.63, 3.8) is 0 Å². The number of halogens is 1. The standard InChI is InChI=1S/C28H31P.C18H23N3O2.C17H23ClN2O2.2C2H6/c1-27(2,3)29(28(4,5)6)25-19-18-21-13-8-10-16-23(21)26(25)24-17-11-14-20-12-7-9-15-22(20)24;1-17(2,3)23-16(22)21-9-7-18(8-10-21)12-20-15-11-13(19-4)5-6-14(15)18;1-16(2,3)22-15(21)20-8-6-17(7-9-20)11-19-14-10-12(18)4-5-13(14)17;2*1-2/h7-19H,1-6H3;5-6,11,20H,7-10,12H2,1-3H3;4-5,10,19H,6-9,11H2,1-3H3;2*1-2H3. The Morgan fingerprint density at radius 2 is 1.00 bits per heavy atom. The lowest BCUT2D eigenvalue weighted by Crippen LogP contribution is -2.47. The second-order valence-corrected chi connectivity index (χ2v) is 28.9. The van der Waals surface area contributed by atoms with E-state index in [1.165, 1.54) is 49.1 Å². The van der Waals surface area contributed by atoms with Gasteiger partial charge in [-0.2, -0.15) is 0 Å². The van der Waals surface area contributed by atoms with Crippen LogP contribution in [0.4, 0.5) is 26.7 Å². The zero-order valence-corrected chi connectivity index (χ0v) is 51.5. The summed E-state index contributed by atoms with van der Waals surface area (Å²) in [4.78, 5) is 31.5. The van der Waals surface area contributed by atoms with Crippen molar-refractivity contribution in [1.82, 2.24) is 9.80 Å². The number of amides is 2. The minimum absolute atomic E-state index is 0.0778. The third-order valence-electron chi connectivity index (χ3n) is 14.8. The van der Waals surface area contributed by atoms with Gasteiger partial charge in [0.2, 0.25) is 0 Å². The molecule has 4 heterocycles. The summed E-state index contributed by atoms with van der Waals surface area (Å²) >= 11 is 6.07. The summed E-state index contributed by atoms with van der Waals surface area (Å²) in [5.74, 6) is 0. The van der Waals surface area contributed by atoms with Crippen molar-refractivity contribution in [2.45, 2.75) is 169 Å². The summed E-state index contributed by atoms with van der Waals surface area (Å²) in [6, 6.07) is 41.1. The number of carbonyl (C=O) groups excluding carboxylic acids is 2. The number of hydrogen-bond donors (Lipinski definition) is 2. The Morgan fingerprint density at radius 1 is 0.564 bits per heavy atom. The van der Waals surface area contributed by atoms with Crippen molar-refractivity contribution in [2.24, 2.45) is 0 Å². The first-order valence-electron chi connectivity index (χ1n) is 28.4. The average molecular weight is 1090 g/mol. The molecule has 2 N–H and O–H groups in total. The van der Waals surface area contributed by atoms with Gasteiger partial charge in [0, 0.05) is 66.5 Å². The molecule has 4 aliphatic rings. The Morgan fingerprint density at radius 3 is 1.47 bits per heavy atom. The first-order chi connectivity index (χ1) is 36.8. The van der Waals surface area contributed by atoms with E-state index in [2.05, 4.69) is 148 Å². The number of nitrogens with one attached hydrogen (secondary N) is 2. The molecule has 2 fully saturated rings. The Balaban J connectivity index is 0.000000185. The molecule has 2 saturated heterocycles. The maximum absolute atomic E-state index is 12.2. The summed E-state index contributed by atoms with van der Waals surface area (Å²) in [5.41, 5.74) is 7.59. The van der Waals surface area contributed by atoms with Crippen LogP contribution in [-0.4, -0.2) is 82.8 Å². The molecule has 0 atom stereocenters. The zero-order chi connectivity index (χ0) is 57.4. The summed E-state index contributed by atoms with van der Waals surface area (Å²) in [7, 11) is -0.411. The van der Waals surface area contributed by atoms with Gasteiger partial charge in [-0.15, -0.1) is 0 Å². The predicted molar refractivity (Wildman–Crippen MR) is 334 cm³/mol. The van der Waals surface area contributed by atoms with Crippen LogP contribution in [0.3, 0.4) is 0 Å². The zero-order valence-electron chi connectivity index (χ0n) is 49.8. The van der Waals surface area contributed by atoms with Crippen LogP contribution < -0.4 is 15.9 Å². The number of fused-ring (bicyclic) bond motifs is 6. The molecule has 0 saturated carbocycles. The molecule has 78 heavy (non-hydrogen) atoms. The van der Waals surface area contributed by atoms with Gasteiger partial charge in [-0.25, -0.2) is 14.4 Å². The number of benzene rings is 6. The lowest BCUT2D eigenvalue weighted by atomic mass is 9.74. The number of piperidine rings is 2. The van der Waals surface area contributed by atoms with Crippen LogP contribution in [0.25, 0.3) is 37.5 Å². The number of nitrogens with zero attached hydrogens (tertiary/aromatic N) is 3. The third kappa shape index (κ3) is 14.3. The second-order valence-electron chi connectivity index (χ2n) is 24.6. The van der Waals surface area contributed by atoms with Gasteiger partial charge in [0.25, 0.3) is 0 Å². The molecule has 10 rings (SSSR count). The van der Waals surface area contributed by atoms with E-state index in [4.69, 9.17) is 27.6 Å². The minimum Gasteiger partial charge on any atom is -0.444 e. The van der Waals surface area contributed by atoms with Crippen molar-refractivity contribution >= 4 is 75.6 Å². The molecule has 11 heteroatoms. The van der Waals surface area contributed by atoms with Crippen LogP contribution in [0, 0.1) is 6.57 Å². The van der Waals surface area contributed by atoms with E-state index < -0.39 is 19.1 Å². The average Bonchev–Trinajstić information content (AvgIpc) is 3.99. The molecule has 4 aliphatic heterocycles. The maximum Gasteiger partial charge on any atom is 0.410 e. The molecule has 2 amide bonds. The van der Waals surface area contributed by atoms with Gasteiger partial charge in [-0.05, 0) is 145 Å². The number of likely N-dealkylation sites (tertiary alicyclic amines) is 2. The Hall–Kier alpha value is -5.81. The first kappa shape index (κ1) is 61.4. The number of anilines is 2. The van der Waals surface area contributed by atoms with Crippen LogP contribution >= 0.6 is 19.5 Å². The monoisotopic (exact) mass is 1090 g/mol. The number of carbonyl (C=O) groups is 2. The lowest BCUT2D eigenvalue weighted by Gasteiger charge is -2.43. The smallest absolute Gasteiger partial charge is 0.410 e. The van der Waals surface area contributed by atoms with Gasteiger partial charge in [0.15, 0.2) is 5.69 Å². The summed E-state index contributed by atoms with van der Waals surface area (Å²) < 4.78 is 10.9. The molecule has 0 radical (unpaired) electrons. The molecule has 418 valence electrons. The molecule has 0 bridgehead atoms. The quantitative estimate of drug-likeness (QED) is 0.133. The van der Waals surface area contributed by atoms with E-state index >= 15 is 0 Å². The lowest BCUT2D eigenvalue weighted by molar-refractivity contribution is 0.0161. The topological polar surface area (TPSA) is 87.5 Å². The van der Waals surface area contributed by atoms with Gasteiger partial charge in [-0.3, -0.25) is 0 Å². The summed E-state index contributed by atoms with van der Waals surface area (Å²) in [6.45, 7) is 45.6. The van der Waals surface area contributed by atoms with Crippen LogP contribution in [0.2, 0.25) is 5.02 Å². The van der Waals surface area contributed by atoms with Crippen LogP contribution in [-0.2, 0) is 20.3 Å². The van der Waals surface area contributed by atoms with E-state index in [1.807, 2.05) is 103 Å². The fourth-order valence-electron chi connectivity index (χ4n) is 11.7. The van der Waals surface area contributed by atoms with Gasteiger partial charge >= 0.3 is 12.2 Å². The minimum atomic E-state index is -0.454. The van der Waals surface area contributed by atoms with Crippen LogP contribution in [0.15, 0.2) is 115 Å². The van der Waals surface area contributed by atoms with E-state index in [9.17, 15) is 9.59 Å². The highest BCUT2D eigenvalue weighted by Crippen LogP contribution is 2.60. The number of ether oxygens (including phenoxy) is 2. The van der Waals surface area contributed by atoms with Gasteiger partial charge in [0.05, 0.1) is 6.57 Å². The van der Waals surface area contributed by atoms with Crippen molar-refractivity contribution in [1.29, 1.82) is 0 Å². The fraction of sp³-hybridized carbons (Fsp3) is 0.478. The van der Waals surface area contributed by atoms with Crippen molar-refractivity contribution in [2.75, 3.05) is 49.9 Å². The van der Waals surface area contributed by atoms with E-state index in [0.29, 0.717) is 18.8 Å². The van der Waals surface area contributed by atoms with Gasteiger partial charge in [-0.1, -0.05) is 186 Å². The van der Waals surface area contributed by atoms with Gasteiger partial charge in [0.1, 0.15) is 11.2 Å². The van der Waals surface area contributed by atoms with Crippen molar-refractivity contribution in [3.05, 3.63) is 143 Å². The summed E-state index contributed by atoms with van der Waals surface area (Å²) in [5, 5.41) is 14.9. The second kappa shape index (κ2) is 25.1. The van der Waals surface area contributed by atoms with E-state index in [-0.39, 0.29) is 33.3 Å². The molecule has 2 spiro atoms. The third-order valence-corrected chi connectivity index (χ3v) is 18.6. The highest BCUT2D eigenvalue weighted by Gasteiger charge is 2.44. The van der Waals surface area contributed by atoms with Crippen molar-refractivity contribution < 1.29 is 19.1 Å². The Kier molecular flexibility index (Phi) is 19.8. The SMILES string of the molecule is CC.CC.CC(C)(C)OC(=O)N1CCC2(CC1)CNc1cc(Cl)ccc12.CC(C)(C)P(c1ccc2ccccc2c1-c1cccc2ccccc12)C(C)(C)C.[C-]#[N+]c1ccc2c(c1)NCC21CCN(C(=O)OC(C)(C)C)CC1. The van der Waals surface area contributed by atoms with Crippen molar-refractivity contribution in [3.8, 4) is 11.1 Å². The van der Waals surface area contributed by atoms with Crippen LogP contribution in [0.1, 0.15) is 148 Å². The largest absolute Gasteiger partial charge is 0.444 e. The molecule has 0 aliphatic carbocycles. The van der Waals surface area contributed by atoms with E-state index in [0.717, 1.165) is 68.3 Å². The fourth-order valence-corrected chi connectivity index (χ4v) is 16.1. The van der Waals surface area contributed by atoms with E-state index in [1.54, 1.807) is 0 Å². The highest BCUT2D eigenvalue weighted by molar-refractivity contribution is 7.68. The maximum atomic E-state index is 12.2. The Bertz CT molecular complexity index is 3050. The highest BCUT2D eigenvalue weighted by atomic mass is 35.5. The molecular formula is C67H89ClN5O4P. The number of hydrogen-bond acceptors (Lipinski definition) is 6. The first-order valence-corrected chi connectivity index (χ1v) is 30.1. The molecule has 0 unspecified atom stereocenters. The predicted octanol–water partition coefficient (Wildman–Crippen LogP) is 18.4. The van der Waals surface area contributed by atoms with Gasteiger partial charge < -0.3 is 29.9 Å². The molecule has 0 aromatic heterocycles. The van der Waals surface area contributed by atoms with Crippen LogP contribution in [0.5, 0.6) is 0 Å².